The van der Waals surface area contributed by atoms with Crippen molar-refractivity contribution in [2.24, 2.45) is 0 Å². The molecule has 3 N–H and O–H groups in total. The molecule has 0 fully saturated rings. The highest BCUT2D eigenvalue weighted by Crippen LogP contribution is 2.07. The van der Waals surface area contributed by atoms with Crippen molar-refractivity contribution in [3.63, 3.8) is 0 Å². The van der Waals surface area contributed by atoms with E-state index in [1.807, 2.05) is 0 Å². The van der Waals surface area contributed by atoms with Crippen molar-refractivity contribution in [3.8, 4) is 0 Å². The van der Waals surface area contributed by atoms with Gasteiger partial charge in [-0.15, -0.1) is 0 Å². The van der Waals surface area contributed by atoms with E-state index >= 15 is 0 Å². The second-order valence-corrected chi connectivity index (χ2v) is 6.69. The van der Waals surface area contributed by atoms with Crippen LogP contribution in [-0.2, 0) is 19.1 Å². The van der Waals surface area contributed by atoms with Crippen LogP contribution in [0.4, 0.5) is 4.79 Å². The van der Waals surface area contributed by atoms with Gasteiger partial charge in [-0.25, -0.2) is 4.79 Å². The van der Waals surface area contributed by atoms with Crippen LogP contribution < -0.4 is 10.6 Å². The zero-order valence-corrected chi connectivity index (χ0v) is 14.0. The van der Waals surface area contributed by atoms with E-state index in [4.69, 9.17) is 14.6 Å². The first-order valence-electron chi connectivity index (χ1n) is 6.94. The normalized spacial score (nSPS) is 13.0. The minimum atomic E-state index is -1.21. The van der Waals surface area contributed by atoms with E-state index < -0.39 is 41.8 Å². The molecule has 0 aromatic carbocycles. The Balaban J connectivity index is 4.37. The van der Waals surface area contributed by atoms with Crippen molar-refractivity contribution in [2.75, 3.05) is 13.2 Å². The van der Waals surface area contributed by atoms with E-state index in [0.29, 0.717) is 0 Å². The van der Waals surface area contributed by atoms with E-state index in [0.717, 1.165) is 0 Å². The van der Waals surface area contributed by atoms with Crippen LogP contribution in [0.25, 0.3) is 0 Å². The van der Waals surface area contributed by atoms with Crippen LogP contribution in [0.1, 0.15) is 41.5 Å². The first-order valence-corrected chi connectivity index (χ1v) is 6.94. The number of aliphatic hydroxyl groups excluding tert-OH is 1. The molecule has 8 nitrogen and oxygen atoms in total. The molecule has 0 rings (SSSR count). The molecule has 0 aliphatic rings. The summed E-state index contributed by atoms with van der Waals surface area (Å²) in [6.07, 6.45) is -0.834. The van der Waals surface area contributed by atoms with Crippen LogP contribution in [-0.4, -0.2) is 53.5 Å². The number of aliphatic hydroxyl groups is 1. The highest BCUT2D eigenvalue weighted by atomic mass is 16.6. The van der Waals surface area contributed by atoms with Crippen LogP contribution >= 0.6 is 0 Å². The molecule has 0 saturated heterocycles. The number of carbonyl (C=O) groups is 3. The van der Waals surface area contributed by atoms with E-state index in [-0.39, 0.29) is 6.54 Å². The van der Waals surface area contributed by atoms with Gasteiger partial charge in [0, 0.05) is 0 Å². The Bertz CT molecular complexity index is 409. The third kappa shape index (κ3) is 9.98. The summed E-state index contributed by atoms with van der Waals surface area (Å²) in [5.74, 6) is -1.32. The number of hydrogen-bond acceptors (Lipinski definition) is 6. The minimum absolute atomic E-state index is 0.359. The summed E-state index contributed by atoms with van der Waals surface area (Å²) >= 11 is 0. The van der Waals surface area contributed by atoms with Crippen LogP contribution in [0.15, 0.2) is 0 Å². The zero-order chi connectivity index (χ0) is 17.6. The molecule has 0 bridgehead atoms. The summed E-state index contributed by atoms with van der Waals surface area (Å²) < 4.78 is 10.00. The fourth-order valence-corrected chi connectivity index (χ4v) is 1.30. The van der Waals surface area contributed by atoms with Crippen molar-refractivity contribution in [3.05, 3.63) is 0 Å². The molecule has 0 saturated carbocycles. The van der Waals surface area contributed by atoms with Crippen LogP contribution in [0.3, 0.4) is 0 Å². The van der Waals surface area contributed by atoms with E-state index in [2.05, 4.69) is 10.6 Å². The molecule has 0 spiro atoms. The molecule has 0 radical (unpaired) electrons. The van der Waals surface area contributed by atoms with Crippen molar-refractivity contribution < 1.29 is 29.0 Å². The van der Waals surface area contributed by atoms with Gasteiger partial charge in [-0.1, -0.05) is 0 Å². The van der Waals surface area contributed by atoms with Crippen LogP contribution in [0.2, 0.25) is 0 Å². The van der Waals surface area contributed by atoms with Gasteiger partial charge in [-0.2, -0.15) is 0 Å². The van der Waals surface area contributed by atoms with Crippen molar-refractivity contribution >= 4 is 18.0 Å². The number of alkyl carbamates (subject to hydrolysis) is 1. The monoisotopic (exact) mass is 318 g/mol. The summed E-state index contributed by atoms with van der Waals surface area (Å²) in [6.45, 7) is 9.13. The molecule has 0 unspecified atom stereocenters. The lowest BCUT2D eigenvalue weighted by atomic mass is 10.2. The molecular weight excluding hydrogens is 292 g/mol. The summed E-state index contributed by atoms with van der Waals surface area (Å²) in [7, 11) is 0. The highest BCUT2D eigenvalue weighted by molar-refractivity contribution is 5.88. The lowest BCUT2D eigenvalue weighted by Crippen LogP contribution is -2.51. The molecule has 0 aromatic rings. The Morgan fingerprint density at radius 2 is 1.50 bits per heavy atom. The third-order valence-corrected chi connectivity index (χ3v) is 2.02. The Kier molecular flexibility index (Phi) is 7.31. The second-order valence-electron chi connectivity index (χ2n) is 6.69. The molecule has 2 amide bonds. The number of esters is 1. The van der Waals surface area contributed by atoms with Gasteiger partial charge in [0.15, 0.2) is 0 Å². The first kappa shape index (κ1) is 20.2. The molecule has 0 heterocycles. The number of carbonyl (C=O) groups excluding carboxylic acids is 3. The highest BCUT2D eigenvalue weighted by Gasteiger charge is 2.24. The van der Waals surface area contributed by atoms with Gasteiger partial charge < -0.3 is 25.2 Å². The number of rotatable bonds is 5. The maximum absolute atomic E-state index is 11.8. The third-order valence-electron chi connectivity index (χ3n) is 2.02. The average Bonchev–Trinajstić information content (AvgIpc) is 2.28. The fraction of sp³-hybridized carbons (Fsp3) is 0.786. The SMILES string of the molecule is CC(C)(C)OC(=O)CNC(=O)[C@H](CO)NC(=O)OC(C)(C)C. The molecule has 0 aromatic heterocycles. The number of amides is 2. The molecule has 22 heavy (non-hydrogen) atoms. The van der Waals surface area contributed by atoms with Gasteiger partial charge in [0.05, 0.1) is 6.61 Å². The first-order chi connectivity index (χ1) is 9.84. The van der Waals surface area contributed by atoms with Gasteiger partial charge in [-0.05, 0) is 41.5 Å². The second kappa shape index (κ2) is 7.98. The predicted molar refractivity (Wildman–Crippen MR) is 79.1 cm³/mol. The van der Waals surface area contributed by atoms with Gasteiger partial charge in [0.2, 0.25) is 5.91 Å². The average molecular weight is 318 g/mol. The zero-order valence-electron chi connectivity index (χ0n) is 14.0. The van der Waals surface area contributed by atoms with Gasteiger partial charge >= 0.3 is 12.1 Å². The Morgan fingerprint density at radius 1 is 1.00 bits per heavy atom. The van der Waals surface area contributed by atoms with E-state index in [1.54, 1.807) is 41.5 Å². The quantitative estimate of drug-likeness (QED) is 0.629. The fourth-order valence-electron chi connectivity index (χ4n) is 1.30. The number of ether oxygens (including phenoxy) is 2. The standard InChI is InChI=1S/C14H26N2O6/c1-13(2,3)21-10(18)7-15-11(19)9(8-17)16-12(20)22-14(4,5)6/h9,17H,7-8H2,1-6H3,(H,15,19)(H,16,20)/t9-/m0/s1. The van der Waals surface area contributed by atoms with Gasteiger partial charge in [-0.3, -0.25) is 9.59 Å². The summed E-state index contributed by atoms with van der Waals surface area (Å²) in [4.78, 5) is 34.8. The van der Waals surface area contributed by atoms with Crippen LogP contribution in [0, 0.1) is 0 Å². The number of nitrogens with one attached hydrogen (secondary N) is 2. The largest absolute Gasteiger partial charge is 0.459 e. The molecule has 1 atom stereocenters. The molecule has 128 valence electrons. The smallest absolute Gasteiger partial charge is 0.408 e. The van der Waals surface area contributed by atoms with Crippen molar-refractivity contribution in [2.45, 2.75) is 58.8 Å². The molecular formula is C14H26N2O6. The summed E-state index contributed by atoms with van der Waals surface area (Å²) in [5, 5.41) is 13.6. The van der Waals surface area contributed by atoms with Gasteiger partial charge in [0.25, 0.3) is 0 Å². The summed E-state index contributed by atoms with van der Waals surface area (Å²) in [6, 6.07) is -1.21. The minimum Gasteiger partial charge on any atom is -0.459 e. The van der Waals surface area contributed by atoms with E-state index in [9.17, 15) is 14.4 Å². The van der Waals surface area contributed by atoms with Crippen molar-refractivity contribution in [1.82, 2.24) is 10.6 Å². The molecule has 0 aliphatic carbocycles. The molecule has 0 aliphatic heterocycles. The maximum atomic E-state index is 11.8. The maximum Gasteiger partial charge on any atom is 0.408 e. The molecule has 8 heteroatoms. The summed E-state index contributed by atoms with van der Waals surface area (Å²) in [5.41, 5.74) is -1.38. The lowest BCUT2D eigenvalue weighted by molar-refractivity contribution is -0.154. The Hall–Kier alpha value is -1.83. The lowest BCUT2D eigenvalue weighted by Gasteiger charge is -2.23. The van der Waals surface area contributed by atoms with E-state index in [1.165, 1.54) is 0 Å². The van der Waals surface area contributed by atoms with Crippen LogP contribution in [0.5, 0.6) is 0 Å². The Labute approximate surface area is 130 Å². The number of hydrogen-bond donors (Lipinski definition) is 3. The van der Waals surface area contributed by atoms with Crippen molar-refractivity contribution in [1.29, 1.82) is 0 Å². The topological polar surface area (TPSA) is 114 Å². The van der Waals surface area contributed by atoms with Gasteiger partial charge in [0.1, 0.15) is 23.8 Å². The Morgan fingerprint density at radius 3 is 1.91 bits per heavy atom. The predicted octanol–water partition coefficient (Wildman–Crippen LogP) is 0.330.